The van der Waals surface area contributed by atoms with E-state index in [0.29, 0.717) is 12.8 Å². The van der Waals surface area contributed by atoms with E-state index in [0.717, 1.165) is 0 Å². The van der Waals surface area contributed by atoms with Crippen molar-refractivity contribution in [1.29, 1.82) is 0 Å². The lowest BCUT2D eigenvalue weighted by Crippen LogP contribution is -2.61. The van der Waals surface area contributed by atoms with Crippen LogP contribution in [-0.4, -0.2) is 61.0 Å². The Morgan fingerprint density at radius 2 is 1.97 bits per heavy atom. The van der Waals surface area contributed by atoms with Crippen LogP contribution in [0, 0.1) is 22.7 Å². The summed E-state index contributed by atoms with van der Waals surface area (Å²) in [5, 5.41) is 0. The fraction of sp³-hybridized carbons (Fsp3) is 0.800. The summed E-state index contributed by atoms with van der Waals surface area (Å²) in [5.41, 5.74) is -3.59. The van der Waals surface area contributed by atoms with Gasteiger partial charge in [-0.3, -0.25) is 9.68 Å². The van der Waals surface area contributed by atoms with E-state index in [1.165, 1.54) is 0 Å². The van der Waals surface area contributed by atoms with Crippen LogP contribution in [0.2, 0.25) is 0 Å². The molecule has 3 heterocycles. The molecule has 0 aromatic heterocycles. The van der Waals surface area contributed by atoms with Gasteiger partial charge in [-0.25, -0.2) is 14.4 Å². The third-order valence-corrected chi connectivity index (χ3v) is 8.00. The molecule has 5 rings (SSSR count). The molecule has 3 saturated heterocycles. The summed E-state index contributed by atoms with van der Waals surface area (Å²) >= 11 is 0. The molecule has 3 aliphatic heterocycles. The van der Waals surface area contributed by atoms with Crippen LogP contribution in [0.15, 0.2) is 0 Å². The number of carbonyl (C=O) groups excluding carboxylic acids is 4. The van der Waals surface area contributed by atoms with Gasteiger partial charge in [-0.05, 0) is 26.2 Å². The lowest BCUT2D eigenvalue weighted by atomic mass is 9.55. The predicted molar refractivity (Wildman–Crippen MR) is 93.1 cm³/mol. The van der Waals surface area contributed by atoms with Crippen LogP contribution < -0.4 is 0 Å². The molecule has 1 spiro atoms. The number of hydrogen-bond acceptors (Lipinski definition) is 10. The Kier molecular flexibility index (Phi) is 4.06. The van der Waals surface area contributed by atoms with Crippen molar-refractivity contribution in [2.75, 3.05) is 13.2 Å². The summed E-state index contributed by atoms with van der Waals surface area (Å²) in [6, 6.07) is 0. The van der Waals surface area contributed by atoms with Gasteiger partial charge in [-0.2, -0.15) is 4.89 Å². The highest BCUT2D eigenvalue weighted by atomic mass is 17.2. The third kappa shape index (κ3) is 2.01. The van der Waals surface area contributed by atoms with Crippen LogP contribution in [0.4, 0.5) is 0 Å². The Balaban J connectivity index is 1.60. The molecule has 0 radical (unpaired) electrons. The van der Waals surface area contributed by atoms with Crippen LogP contribution in [-0.2, 0) is 47.9 Å². The molecule has 5 aliphatic rings. The fourth-order valence-electron chi connectivity index (χ4n) is 6.88. The first-order valence-electron chi connectivity index (χ1n) is 10.3. The number of esters is 3. The number of hydrogen-bond donors (Lipinski definition) is 0. The summed E-state index contributed by atoms with van der Waals surface area (Å²) in [7, 11) is 0. The van der Waals surface area contributed by atoms with E-state index in [1.807, 2.05) is 6.92 Å². The Morgan fingerprint density at radius 3 is 2.70 bits per heavy atom. The second-order valence-electron chi connectivity index (χ2n) is 9.03. The molecule has 5 fully saturated rings. The van der Waals surface area contributed by atoms with E-state index in [9.17, 15) is 19.2 Å². The normalized spacial score (nSPS) is 48.2. The molecule has 0 aromatic rings. The van der Waals surface area contributed by atoms with E-state index in [4.69, 9.17) is 28.7 Å². The van der Waals surface area contributed by atoms with Gasteiger partial charge in [0.25, 0.3) is 0 Å². The Bertz CT molecular complexity index is 839. The Hall–Kier alpha value is -2.20. The van der Waals surface area contributed by atoms with Gasteiger partial charge in [-0.1, -0.05) is 13.8 Å². The van der Waals surface area contributed by atoms with E-state index in [2.05, 4.69) is 0 Å². The molecule has 8 atom stereocenters. The van der Waals surface area contributed by atoms with E-state index < -0.39 is 77.1 Å². The first-order valence-corrected chi connectivity index (χ1v) is 10.3. The van der Waals surface area contributed by atoms with Crippen LogP contribution >= 0.6 is 0 Å². The second kappa shape index (κ2) is 6.16. The zero-order valence-electron chi connectivity index (χ0n) is 17.0. The minimum Gasteiger partial charge on any atom is -0.464 e. The maximum absolute atomic E-state index is 13.2. The van der Waals surface area contributed by atoms with E-state index in [-0.39, 0.29) is 13.0 Å². The summed E-state index contributed by atoms with van der Waals surface area (Å²) < 4.78 is 22.0. The van der Waals surface area contributed by atoms with Crippen molar-refractivity contribution in [3.05, 3.63) is 0 Å². The van der Waals surface area contributed by atoms with Gasteiger partial charge < -0.3 is 18.9 Å². The van der Waals surface area contributed by atoms with Crippen molar-refractivity contribution in [2.45, 2.75) is 63.9 Å². The van der Waals surface area contributed by atoms with Gasteiger partial charge in [-0.15, -0.1) is 0 Å². The predicted octanol–water partition coefficient (Wildman–Crippen LogP) is 0.455. The minimum absolute atomic E-state index is 0.182. The molecule has 2 saturated carbocycles. The van der Waals surface area contributed by atoms with Crippen molar-refractivity contribution < 1.29 is 47.9 Å². The van der Waals surface area contributed by atoms with Crippen molar-refractivity contribution in [3.63, 3.8) is 0 Å². The largest absolute Gasteiger partial charge is 0.464 e. The highest BCUT2D eigenvalue weighted by Crippen LogP contribution is 2.76. The van der Waals surface area contributed by atoms with Crippen LogP contribution in [0.1, 0.15) is 40.0 Å². The molecular formula is C20H24O10. The average Bonchev–Trinajstić information content (AvgIpc) is 3.29. The second-order valence-corrected chi connectivity index (χ2v) is 9.03. The number of fused-ring (bicyclic) bond motifs is 1. The first-order chi connectivity index (χ1) is 14.2. The third-order valence-electron chi connectivity index (χ3n) is 8.00. The molecule has 164 valence electrons. The number of rotatable bonds is 4. The molecule has 8 unspecified atom stereocenters. The molecule has 0 N–H and O–H groups in total. The van der Waals surface area contributed by atoms with Gasteiger partial charge in [0, 0.05) is 5.41 Å². The van der Waals surface area contributed by atoms with Gasteiger partial charge in [0.15, 0.2) is 6.10 Å². The summed E-state index contributed by atoms with van der Waals surface area (Å²) in [4.78, 5) is 61.0. The lowest BCUT2D eigenvalue weighted by Gasteiger charge is -2.46. The summed E-state index contributed by atoms with van der Waals surface area (Å²) in [6.45, 7) is 4.93. The van der Waals surface area contributed by atoms with Crippen molar-refractivity contribution in [3.8, 4) is 0 Å². The topological polar surface area (TPSA) is 124 Å². The molecule has 0 amide bonds. The van der Waals surface area contributed by atoms with E-state index >= 15 is 0 Å². The van der Waals surface area contributed by atoms with Gasteiger partial charge >= 0.3 is 23.9 Å². The maximum atomic E-state index is 13.2. The highest BCUT2D eigenvalue weighted by Gasteiger charge is 2.89. The Morgan fingerprint density at radius 1 is 1.20 bits per heavy atom. The molecule has 10 heteroatoms. The average molecular weight is 424 g/mol. The zero-order chi connectivity index (χ0) is 21.5. The molecule has 2 aliphatic carbocycles. The molecule has 10 nitrogen and oxygen atoms in total. The Labute approximate surface area is 172 Å². The maximum Gasteiger partial charge on any atom is 0.371 e. The quantitative estimate of drug-likeness (QED) is 0.357. The van der Waals surface area contributed by atoms with Crippen LogP contribution in [0.25, 0.3) is 0 Å². The fourth-order valence-corrected chi connectivity index (χ4v) is 6.88. The zero-order valence-corrected chi connectivity index (χ0v) is 17.0. The van der Waals surface area contributed by atoms with Crippen molar-refractivity contribution >= 4 is 23.9 Å². The molecule has 0 bridgehead atoms. The van der Waals surface area contributed by atoms with Gasteiger partial charge in [0.1, 0.15) is 18.8 Å². The van der Waals surface area contributed by atoms with Crippen LogP contribution in [0.3, 0.4) is 0 Å². The van der Waals surface area contributed by atoms with Crippen molar-refractivity contribution in [2.24, 2.45) is 22.7 Å². The minimum atomic E-state index is -1.66. The number of carbonyl (C=O) groups is 4. The summed E-state index contributed by atoms with van der Waals surface area (Å²) in [5.74, 6) is -3.76. The van der Waals surface area contributed by atoms with Crippen LogP contribution in [0.5, 0.6) is 0 Å². The van der Waals surface area contributed by atoms with Crippen molar-refractivity contribution in [1.82, 2.24) is 0 Å². The first kappa shape index (κ1) is 19.7. The lowest BCUT2D eigenvalue weighted by molar-refractivity contribution is -0.344. The molecule has 0 aromatic carbocycles. The summed E-state index contributed by atoms with van der Waals surface area (Å²) in [6.07, 6.45) is -0.982. The van der Waals surface area contributed by atoms with E-state index in [1.54, 1.807) is 13.8 Å². The molecular weight excluding hydrogens is 400 g/mol. The monoisotopic (exact) mass is 424 g/mol. The standard InChI is InChI=1S/C20H24O10/c1-4-25-12(21)8-26-14-16(23)29-30-20-13-9(2)15(22)27-10(13)7-19(20)11(28-17(20)24)5-6-18(14,19)3/h9-11,13-14H,4-8H2,1-3H3. The smallest absolute Gasteiger partial charge is 0.371 e. The molecule has 30 heavy (non-hydrogen) atoms. The van der Waals surface area contributed by atoms with Gasteiger partial charge in [0.2, 0.25) is 5.60 Å². The number of ether oxygens (including phenoxy) is 4. The highest BCUT2D eigenvalue weighted by molar-refractivity contribution is 5.90. The SMILES string of the molecule is CCOC(=O)COC1C(=O)OOC23C(=O)OC4CCC1(C)C42CC1OC(=O)C(C)C13. The van der Waals surface area contributed by atoms with Gasteiger partial charge in [0.05, 0.1) is 23.9 Å².